The van der Waals surface area contributed by atoms with Crippen molar-refractivity contribution in [3.05, 3.63) is 48.5 Å². The predicted molar refractivity (Wildman–Crippen MR) is 110 cm³/mol. The number of anilines is 2. The van der Waals surface area contributed by atoms with Crippen LogP contribution in [0.3, 0.4) is 0 Å². The van der Waals surface area contributed by atoms with Gasteiger partial charge in [0.05, 0.1) is 0 Å². The van der Waals surface area contributed by atoms with Crippen LogP contribution in [-0.4, -0.2) is 17.7 Å². The number of benzene rings is 2. The van der Waals surface area contributed by atoms with Gasteiger partial charge in [-0.25, -0.2) is 0 Å². The molecule has 2 rings (SSSR count). The number of hydrogen-bond donors (Lipinski definition) is 3. The lowest BCUT2D eigenvalue weighted by atomic mass is 10.0. The van der Waals surface area contributed by atoms with Crippen molar-refractivity contribution < 1.29 is 4.79 Å². The van der Waals surface area contributed by atoms with Gasteiger partial charge in [0, 0.05) is 17.8 Å². The van der Waals surface area contributed by atoms with Crippen LogP contribution in [0.5, 0.6) is 0 Å². The van der Waals surface area contributed by atoms with Gasteiger partial charge in [0.15, 0.2) is 11.7 Å². The van der Waals surface area contributed by atoms with Crippen LogP contribution >= 0.6 is 11.8 Å². The lowest BCUT2D eigenvalue weighted by molar-refractivity contribution is -0.116. The molecule has 3 N–H and O–H groups in total. The van der Waals surface area contributed by atoms with Crippen molar-refractivity contribution in [3.8, 4) is 17.3 Å². The molecule has 2 aromatic carbocycles. The summed E-state index contributed by atoms with van der Waals surface area (Å²) in [5, 5.41) is 17.6. The van der Waals surface area contributed by atoms with E-state index >= 15 is 0 Å². The average molecular weight is 369 g/mol. The first-order valence-electron chi connectivity index (χ1n) is 8.60. The van der Waals surface area contributed by atoms with E-state index in [1.54, 1.807) is 0 Å². The van der Waals surface area contributed by atoms with Crippen LogP contribution in [0.2, 0.25) is 0 Å². The van der Waals surface area contributed by atoms with E-state index in [0.717, 1.165) is 35.3 Å². The predicted octanol–water partition coefficient (Wildman–Crippen LogP) is 4.61. The summed E-state index contributed by atoms with van der Waals surface area (Å²) in [7, 11) is 0. The number of rotatable bonds is 9. The third kappa shape index (κ3) is 6.01. The Hall–Kier alpha value is -2.65. The number of unbranched alkanes of at least 4 members (excludes halogenated alkanes) is 1. The van der Waals surface area contributed by atoms with Gasteiger partial charge in [0.25, 0.3) is 0 Å². The highest BCUT2D eigenvalue weighted by Gasteiger charge is 2.06. The van der Waals surface area contributed by atoms with Crippen molar-refractivity contribution in [1.29, 1.82) is 5.26 Å². The fourth-order valence-corrected chi connectivity index (χ4v) is 2.85. The highest BCUT2D eigenvalue weighted by molar-refractivity contribution is 7.99. The van der Waals surface area contributed by atoms with E-state index in [1.165, 1.54) is 11.8 Å². The van der Waals surface area contributed by atoms with Crippen LogP contribution in [0, 0.1) is 11.5 Å². The highest BCUT2D eigenvalue weighted by atomic mass is 32.2. The Morgan fingerprint density at radius 1 is 1.08 bits per heavy atom. The Bertz CT molecular complexity index is 738. The molecular weight excluding hydrogens is 344 g/mol. The summed E-state index contributed by atoms with van der Waals surface area (Å²) in [4.78, 5) is 11.8. The number of hydrogen-bond acceptors (Lipinski definition) is 5. The minimum atomic E-state index is -0.151. The van der Waals surface area contributed by atoms with Crippen LogP contribution in [0.4, 0.5) is 11.4 Å². The molecule has 1 atom stereocenters. The summed E-state index contributed by atoms with van der Waals surface area (Å²) in [6.45, 7) is 2.07. The zero-order valence-electron chi connectivity index (χ0n) is 15.1. The van der Waals surface area contributed by atoms with Crippen LogP contribution in [0.25, 0.3) is 11.1 Å². The summed E-state index contributed by atoms with van der Waals surface area (Å²) in [5.41, 5.74) is 3.78. The molecule has 0 saturated carbocycles. The Kier molecular flexibility index (Phi) is 7.84. The molecule has 0 fully saturated rings. The Labute approximate surface area is 159 Å². The summed E-state index contributed by atoms with van der Waals surface area (Å²) >= 11 is 1.52. The van der Waals surface area contributed by atoms with Crippen LogP contribution in [-0.2, 0) is 4.79 Å². The maximum Gasteiger partial charge on any atom is 0.224 e. The van der Waals surface area contributed by atoms with Crippen molar-refractivity contribution in [2.24, 2.45) is 0 Å². The van der Waals surface area contributed by atoms with E-state index in [2.05, 4.69) is 22.9 Å². The van der Waals surface area contributed by atoms with Crippen LogP contribution < -0.4 is 16.0 Å². The van der Waals surface area contributed by atoms with E-state index in [-0.39, 0.29) is 11.4 Å². The molecule has 0 saturated heterocycles. The monoisotopic (exact) mass is 368 g/mol. The average Bonchev–Trinajstić information content (AvgIpc) is 2.67. The van der Waals surface area contributed by atoms with Crippen molar-refractivity contribution in [2.75, 3.05) is 16.9 Å². The van der Waals surface area contributed by atoms with Crippen molar-refractivity contribution in [3.63, 3.8) is 0 Å². The van der Waals surface area contributed by atoms with E-state index in [9.17, 15) is 4.79 Å². The second-order valence-electron chi connectivity index (χ2n) is 5.82. The highest BCUT2D eigenvalue weighted by Crippen LogP contribution is 2.24. The quantitative estimate of drug-likeness (QED) is 0.342. The minimum Gasteiger partial charge on any atom is -0.356 e. The van der Waals surface area contributed by atoms with E-state index in [4.69, 9.17) is 5.26 Å². The number of nitrogens with zero attached hydrogens (tertiary/aromatic N) is 1. The van der Waals surface area contributed by atoms with Gasteiger partial charge in [-0.05, 0) is 48.1 Å². The second-order valence-corrected chi connectivity index (χ2v) is 6.77. The standard InChI is InChI=1S/C20H24N4OS/c1-3-4-5-19(25)23-17-10-6-15(7-11-17)16-8-12-18(13-9-16)24-20(26-2)22-14-21/h6-13,20,22,24H,3-5H2,1-2H3,(H,23,25). The van der Waals surface area contributed by atoms with Gasteiger partial charge < -0.3 is 10.6 Å². The van der Waals surface area contributed by atoms with Gasteiger partial charge in [0.2, 0.25) is 5.91 Å². The summed E-state index contributed by atoms with van der Waals surface area (Å²) in [6.07, 6.45) is 6.36. The third-order valence-electron chi connectivity index (χ3n) is 3.87. The number of carbonyl (C=O) groups is 1. The summed E-state index contributed by atoms with van der Waals surface area (Å²) in [5.74, 6) is 0.0596. The molecule has 6 heteroatoms. The molecule has 0 radical (unpaired) electrons. The first kappa shape index (κ1) is 19.7. The van der Waals surface area contributed by atoms with Gasteiger partial charge in [-0.15, -0.1) is 11.8 Å². The molecule has 5 nitrogen and oxygen atoms in total. The van der Waals surface area contributed by atoms with Crippen molar-refractivity contribution in [1.82, 2.24) is 5.32 Å². The molecule has 1 unspecified atom stereocenters. The molecule has 1 amide bonds. The number of nitriles is 1. The first-order valence-corrected chi connectivity index (χ1v) is 9.89. The summed E-state index contributed by atoms with van der Waals surface area (Å²) in [6, 6.07) is 15.9. The maximum absolute atomic E-state index is 11.8. The molecule has 0 aliphatic carbocycles. The van der Waals surface area contributed by atoms with Crippen LogP contribution in [0.15, 0.2) is 48.5 Å². The van der Waals surface area contributed by atoms with Gasteiger partial charge >= 0.3 is 0 Å². The minimum absolute atomic E-state index is 0.0596. The van der Waals surface area contributed by atoms with E-state index < -0.39 is 0 Å². The van der Waals surface area contributed by atoms with Crippen molar-refractivity contribution in [2.45, 2.75) is 31.7 Å². The molecule has 0 aromatic heterocycles. The fourth-order valence-electron chi connectivity index (χ4n) is 2.43. The second kappa shape index (κ2) is 10.4. The van der Waals surface area contributed by atoms with Gasteiger partial charge in [-0.2, -0.15) is 5.26 Å². The first-order chi connectivity index (χ1) is 12.7. The normalized spacial score (nSPS) is 11.3. The molecule has 0 spiro atoms. The maximum atomic E-state index is 11.8. The third-order valence-corrected chi connectivity index (χ3v) is 4.58. The molecule has 0 heterocycles. The number of amides is 1. The number of nitrogens with one attached hydrogen (secondary N) is 3. The van der Waals surface area contributed by atoms with Gasteiger partial charge in [-0.3, -0.25) is 10.1 Å². The number of carbonyl (C=O) groups excluding carboxylic acids is 1. The zero-order valence-corrected chi connectivity index (χ0v) is 15.9. The molecule has 26 heavy (non-hydrogen) atoms. The zero-order chi connectivity index (χ0) is 18.8. The van der Waals surface area contributed by atoms with Gasteiger partial charge in [-0.1, -0.05) is 37.6 Å². The Balaban J connectivity index is 1.98. The van der Waals surface area contributed by atoms with Crippen molar-refractivity contribution >= 4 is 29.0 Å². The van der Waals surface area contributed by atoms with Crippen LogP contribution in [0.1, 0.15) is 26.2 Å². The molecule has 136 valence electrons. The Morgan fingerprint density at radius 3 is 2.15 bits per heavy atom. The lowest BCUT2D eigenvalue weighted by Crippen LogP contribution is -2.29. The summed E-state index contributed by atoms with van der Waals surface area (Å²) < 4.78 is 0. The van der Waals surface area contributed by atoms with E-state index in [1.807, 2.05) is 61.0 Å². The van der Waals surface area contributed by atoms with E-state index in [0.29, 0.717) is 6.42 Å². The smallest absolute Gasteiger partial charge is 0.224 e. The Morgan fingerprint density at radius 2 is 1.65 bits per heavy atom. The fraction of sp³-hybridized carbons (Fsp3) is 0.300. The largest absolute Gasteiger partial charge is 0.356 e. The molecule has 0 aliphatic rings. The molecule has 0 bridgehead atoms. The lowest BCUT2D eigenvalue weighted by Gasteiger charge is -2.16. The number of thioether (sulfide) groups is 1. The van der Waals surface area contributed by atoms with Gasteiger partial charge in [0.1, 0.15) is 0 Å². The SMILES string of the molecule is CCCCC(=O)Nc1ccc(-c2ccc(NC(NC#N)SC)cc2)cc1. The topological polar surface area (TPSA) is 77.0 Å². The molecular formula is C20H24N4OS. The molecule has 2 aromatic rings. The molecule has 0 aliphatic heterocycles.